The number of nitrogens with zero attached hydrogens (tertiary/aromatic N) is 2. The summed E-state index contributed by atoms with van der Waals surface area (Å²) in [7, 11) is 0. The number of hydrogen-bond acceptors (Lipinski definition) is 4. The van der Waals surface area contributed by atoms with Gasteiger partial charge in [-0.25, -0.2) is 0 Å². The van der Waals surface area contributed by atoms with Crippen molar-refractivity contribution >= 4 is 21.6 Å². The van der Waals surface area contributed by atoms with Crippen molar-refractivity contribution in [3.05, 3.63) is 38.3 Å². The monoisotopic (exact) mass is 355 g/mol. The van der Waals surface area contributed by atoms with Crippen LogP contribution in [0.15, 0.2) is 22.7 Å². The molecule has 1 aliphatic rings. The first-order chi connectivity index (χ1) is 10.2. The Bertz CT molecular complexity index is 476. The molecule has 2 rings (SSSR count). The van der Waals surface area contributed by atoms with Gasteiger partial charge in [0.2, 0.25) is 0 Å². The molecule has 1 aromatic carbocycles. The molecule has 0 saturated carbocycles. The first-order valence-corrected chi connectivity index (χ1v) is 8.32. The van der Waals surface area contributed by atoms with E-state index >= 15 is 0 Å². The number of hydrogen-bond donors (Lipinski definition) is 1. The molecule has 1 aliphatic heterocycles. The lowest BCUT2D eigenvalue weighted by atomic mass is 10.1. The predicted molar refractivity (Wildman–Crippen MR) is 87.4 cm³/mol. The molecule has 116 valence electrons. The molecule has 1 aromatic rings. The molecular formula is C15H22BrN3O2. The fraction of sp³-hybridized carbons (Fsp3) is 0.600. The van der Waals surface area contributed by atoms with Gasteiger partial charge in [-0.05, 0) is 57.6 Å². The second-order valence-electron chi connectivity index (χ2n) is 5.46. The van der Waals surface area contributed by atoms with Crippen molar-refractivity contribution in [2.45, 2.75) is 32.2 Å². The van der Waals surface area contributed by atoms with Gasteiger partial charge in [-0.3, -0.25) is 10.1 Å². The first-order valence-electron chi connectivity index (χ1n) is 7.53. The van der Waals surface area contributed by atoms with Crippen LogP contribution in [-0.2, 0) is 6.54 Å². The summed E-state index contributed by atoms with van der Waals surface area (Å²) < 4.78 is 0.873. The zero-order valence-electron chi connectivity index (χ0n) is 12.2. The maximum absolute atomic E-state index is 11.0. The van der Waals surface area contributed by atoms with E-state index in [9.17, 15) is 10.1 Å². The van der Waals surface area contributed by atoms with E-state index in [1.54, 1.807) is 12.1 Å². The van der Waals surface area contributed by atoms with E-state index in [2.05, 4.69) is 26.1 Å². The Balaban J connectivity index is 1.73. The summed E-state index contributed by atoms with van der Waals surface area (Å²) in [4.78, 5) is 13.2. The van der Waals surface area contributed by atoms with E-state index < -0.39 is 0 Å². The molecule has 1 N–H and O–H groups in total. The molecule has 1 fully saturated rings. The smallest absolute Gasteiger partial charge is 0.273 e. The summed E-state index contributed by atoms with van der Waals surface area (Å²) in [6.07, 6.45) is 5.08. The molecule has 0 amide bonds. The van der Waals surface area contributed by atoms with Gasteiger partial charge in [-0.2, -0.15) is 0 Å². The van der Waals surface area contributed by atoms with Crippen LogP contribution in [0.4, 0.5) is 5.69 Å². The third-order valence-corrected chi connectivity index (χ3v) is 4.32. The summed E-state index contributed by atoms with van der Waals surface area (Å²) in [5.74, 6) is 0. The van der Waals surface area contributed by atoms with Crippen LogP contribution in [0.5, 0.6) is 0 Å². The normalized spacial score (nSPS) is 16.0. The number of piperidine rings is 1. The second kappa shape index (κ2) is 8.46. The molecule has 0 unspecified atom stereocenters. The third kappa shape index (κ3) is 5.37. The molecule has 1 heterocycles. The van der Waals surface area contributed by atoms with Gasteiger partial charge in [0.15, 0.2) is 0 Å². The Morgan fingerprint density at radius 3 is 2.76 bits per heavy atom. The van der Waals surface area contributed by atoms with Crippen LogP contribution in [0.3, 0.4) is 0 Å². The summed E-state index contributed by atoms with van der Waals surface area (Å²) in [6.45, 7) is 4.98. The van der Waals surface area contributed by atoms with Gasteiger partial charge in [0.05, 0.1) is 4.92 Å². The van der Waals surface area contributed by atoms with Gasteiger partial charge < -0.3 is 10.2 Å². The van der Waals surface area contributed by atoms with Crippen LogP contribution >= 0.6 is 15.9 Å². The number of rotatable bonds is 7. The molecule has 21 heavy (non-hydrogen) atoms. The quantitative estimate of drug-likeness (QED) is 0.463. The number of likely N-dealkylation sites (tertiary alicyclic amines) is 1. The number of benzene rings is 1. The second-order valence-corrected chi connectivity index (χ2v) is 6.38. The van der Waals surface area contributed by atoms with Crippen molar-refractivity contribution in [1.29, 1.82) is 0 Å². The van der Waals surface area contributed by atoms with Gasteiger partial charge in [-0.1, -0.05) is 22.4 Å². The molecule has 6 heteroatoms. The standard InChI is InChI=1S/C15H22BrN3O2/c16-14-5-6-15(19(20)21)13(11-14)12-17-7-4-10-18-8-2-1-3-9-18/h5-6,11,17H,1-4,7-10,12H2. The Morgan fingerprint density at radius 1 is 1.29 bits per heavy atom. The first kappa shape index (κ1) is 16.4. The van der Waals surface area contributed by atoms with Crippen molar-refractivity contribution in [3.8, 4) is 0 Å². The minimum Gasteiger partial charge on any atom is -0.312 e. The summed E-state index contributed by atoms with van der Waals surface area (Å²) >= 11 is 3.36. The predicted octanol–water partition coefficient (Wildman–Crippen LogP) is 3.32. The van der Waals surface area contributed by atoms with E-state index in [1.165, 1.54) is 32.4 Å². The Labute approximate surface area is 134 Å². The largest absolute Gasteiger partial charge is 0.312 e. The average Bonchev–Trinajstić information content (AvgIpc) is 2.48. The van der Waals surface area contributed by atoms with Crippen LogP contribution in [-0.4, -0.2) is 36.0 Å². The fourth-order valence-electron chi connectivity index (χ4n) is 2.71. The maximum Gasteiger partial charge on any atom is 0.273 e. The SMILES string of the molecule is O=[N+]([O-])c1ccc(Br)cc1CNCCCN1CCCCC1. The highest BCUT2D eigenvalue weighted by Crippen LogP contribution is 2.22. The molecule has 0 aliphatic carbocycles. The van der Waals surface area contributed by atoms with Crippen molar-refractivity contribution in [3.63, 3.8) is 0 Å². The minimum atomic E-state index is -0.322. The van der Waals surface area contributed by atoms with Crippen LogP contribution < -0.4 is 5.32 Å². The summed E-state index contributed by atoms with van der Waals surface area (Å²) in [5.41, 5.74) is 0.911. The molecule has 5 nitrogen and oxygen atoms in total. The average molecular weight is 356 g/mol. The maximum atomic E-state index is 11.0. The number of nitrogens with one attached hydrogen (secondary N) is 1. The molecule has 0 spiro atoms. The fourth-order valence-corrected chi connectivity index (χ4v) is 3.12. The van der Waals surface area contributed by atoms with Gasteiger partial charge >= 0.3 is 0 Å². The third-order valence-electron chi connectivity index (χ3n) is 3.83. The highest BCUT2D eigenvalue weighted by Gasteiger charge is 2.13. The van der Waals surface area contributed by atoms with Crippen molar-refractivity contribution in [2.75, 3.05) is 26.2 Å². The molecule has 0 radical (unpaired) electrons. The summed E-state index contributed by atoms with van der Waals surface area (Å²) in [5, 5.41) is 14.3. The van der Waals surface area contributed by atoms with E-state index in [0.717, 1.165) is 29.5 Å². The summed E-state index contributed by atoms with van der Waals surface area (Å²) in [6, 6.07) is 5.07. The van der Waals surface area contributed by atoms with Gasteiger partial charge in [-0.15, -0.1) is 0 Å². The van der Waals surface area contributed by atoms with Crippen LogP contribution in [0.2, 0.25) is 0 Å². The highest BCUT2D eigenvalue weighted by molar-refractivity contribution is 9.10. The molecule has 0 aromatic heterocycles. The Hall–Kier alpha value is -0.980. The number of halogens is 1. The van der Waals surface area contributed by atoms with Crippen LogP contribution in [0, 0.1) is 10.1 Å². The van der Waals surface area contributed by atoms with Crippen molar-refractivity contribution < 1.29 is 4.92 Å². The minimum absolute atomic E-state index is 0.182. The van der Waals surface area contributed by atoms with Crippen LogP contribution in [0.1, 0.15) is 31.2 Å². The van der Waals surface area contributed by atoms with E-state index in [-0.39, 0.29) is 10.6 Å². The van der Waals surface area contributed by atoms with Gasteiger partial charge in [0.1, 0.15) is 0 Å². The van der Waals surface area contributed by atoms with Crippen molar-refractivity contribution in [1.82, 2.24) is 10.2 Å². The lowest BCUT2D eigenvalue weighted by molar-refractivity contribution is -0.385. The molecule has 0 atom stereocenters. The van der Waals surface area contributed by atoms with E-state index in [4.69, 9.17) is 0 Å². The number of nitro benzene ring substituents is 1. The molecule has 1 saturated heterocycles. The lowest BCUT2D eigenvalue weighted by Crippen LogP contribution is -2.32. The molecule has 0 bridgehead atoms. The molecular weight excluding hydrogens is 334 g/mol. The Morgan fingerprint density at radius 2 is 2.05 bits per heavy atom. The zero-order chi connectivity index (χ0) is 15.1. The zero-order valence-corrected chi connectivity index (χ0v) is 13.8. The van der Waals surface area contributed by atoms with Gasteiger partial charge in [0, 0.05) is 22.6 Å². The lowest BCUT2D eigenvalue weighted by Gasteiger charge is -2.26. The number of nitro groups is 1. The van der Waals surface area contributed by atoms with E-state index in [0.29, 0.717) is 6.54 Å². The van der Waals surface area contributed by atoms with E-state index in [1.807, 2.05) is 6.07 Å². The van der Waals surface area contributed by atoms with Crippen molar-refractivity contribution in [2.24, 2.45) is 0 Å². The topological polar surface area (TPSA) is 58.4 Å². The van der Waals surface area contributed by atoms with Gasteiger partial charge in [0.25, 0.3) is 5.69 Å². The highest BCUT2D eigenvalue weighted by atomic mass is 79.9. The van der Waals surface area contributed by atoms with Crippen LogP contribution in [0.25, 0.3) is 0 Å². The Kier molecular flexibility index (Phi) is 6.60.